The Hall–Kier alpha value is -2.04. The molecule has 23 heavy (non-hydrogen) atoms. The molecule has 5 rings (SSSR count). The van der Waals surface area contributed by atoms with E-state index in [1.165, 1.54) is 22.4 Å². The fourth-order valence-corrected chi connectivity index (χ4v) is 3.65. The number of piperidine rings is 1. The van der Waals surface area contributed by atoms with Gasteiger partial charge in [0, 0.05) is 18.5 Å². The fraction of sp³-hybridized carbons (Fsp3) is 0.556. The molecule has 2 atom stereocenters. The van der Waals surface area contributed by atoms with E-state index in [0.717, 1.165) is 19.3 Å². The fourth-order valence-electron chi connectivity index (χ4n) is 3.65. The van der Waals surface area contributed by atoms with Crippen molar-refractivity contribution in [2.24, 2.45) is 11.3 Å². The van der Waals surface area contributed by atoms with Crippen molar-refractivity contribution in [2.45, 2.75) is 32.6 Å². The van der Waals surface area contributed by atoms with Crippen molar-refractivity contribution >= 4 is 12.1 Å². The van der Waals surface area contributed by atoms with Crippen molar-refractivity contribution in [3.8, 4) is 0 Å². The largest absolute Gasteiger partial charge is 0.466 e. The summed E-state index contributed by atoms with van der Waals surface area (Å²) in [7, 11) is 0. The molecule has 1 saturated heterocycles. The molecule has 1 N–H and O–H groups in total. The first-order valence-electron chi connectivity index (χ1n) is 8.26. The molecule has 1 aromatic rings. The summed E-state index contributed by atoms with van der Waals surface area (Å²) in [6.45, 7) is 3.27. The summed E-state index contributed by atoms with van der Waals surface area (Å²) in [6, 6.07) is 8.65. The third-order valence-corrected chi connectivity index (χ3v) is 5.04. The molecule has 0 radical (unpaired) electrons. The van der Waals surface area contributed by atoms with Crippen LogP contribution in [0.5, 0.6) is 0 Å². The molecular formula is C18H23NO4. The molecule has 1 aromatic carbocycles. The number of nitrogens with zero attached hydrogens (tertiary/aromatic N) is 1. The number of hydrogen-bond acceptors (Lipinski definition) is 3. The normalized spacial score (nSPS) is 26.7. The van der Waals surface area contributed by atoms with E-state index in [2.05, 4.69) is 24.3 Å². The van der Waals surface area contributed by atoms with Crippen LogP contribution in [0.4, 0.5) is 4.79 Å². The van der Waals surface area contributed by atoms with E-state index in [1.807, 2.05) is 0 Å². The number of likely N-dealkylation sites (tertiary alicyclic amines) is 1. The van der Waals surface area contributed by atoms with Crippen molar-refractivity contribution in [2.75, 3.05) is 19.7 Å². The van der Waals surface area contributed by atoms with Crippen LogP contribution in [0.25, 0.3) is 0 Å². The second-order valence-electron chi connectivity index (χ2n) is 6.68. The highest BCUT2D eigenvalue weighted by Gasteiger charge is 2.60. The number of carbonyl (C=O) groups excluding carboxylic acids is 1. The molecule has 1 amide bonds. The smallest absolute Gasteiger partial charge is 0.407 e. The van der Waals surface area contributed by atoms with Crippen LogP contribution in [0.1, 0.15) is 37.3 Å². The minimum atomic E-state index is -0.881. The van der Waals surface area contributed by atoms with Crippen molar-refractivity contribution in [1.29, 1.82) is 0 Å². The van der Waals surface area contributed by atoms with Crippen LogP contribution < -0.4 is 0 Å². The van der Waals surface area contributed by atoms with Gasteiger partial charge in [0.25, 0.3) is 0 Å². The average Bonchev–Trinajstić information content (AvgIpc) is 3.21. The lowest BCUT2D eigenvalue weighted by atomic mass is 9.92. The maximum Gasteiger partial charge on any atom is 0.407 e. The summed E-state index contributed by atoms with van der Waals surface area (Å²) in [5.41, 5.74) is 2.86. The predicted octanol–water partition coefficient (Wildman–Crippen LogP) is 2.92. The van der Waals surface area contributed by atoms with Gasteiger partial charge in [-0.05, 0) is 43.7 Å². The lowest BCUT2D eigenvalue weighted by Gasteiger charge is -2.31. The minimum Gasteiger partial charge on any atom is -0.466 e. The van der Waals surface area contributed by atoms with Crippen LogP contribution in [0.3, 0.4) is 0 Å². The highest BCUT2D eigenvalue weighted by atomic mass is 16.5. The highest BCUT2D eigenvalue weighted by molar-refractivity contribution is 5.77. The molecular weight excluding hydrogens is 294 g/mol. The molecule has 5 nitrogen and oxygen atoms in total. The second kappa shape index (κ2) is 6.22. The van der Waals surface area contributed by atoms with Crippen LogP contribution in [0.15, 0.2) is 24.3 Å². The number of esters is 1. The summed E-state index contributed by atoms with van der Waals surface area (Å²) in [5, 5.41) is 8.94. The van der Waals surface area contributed by atoms with E-state index in [1.54, 1.807) is 6.92 Å². The first-order valence-corrected chi connectivity index (χ1v) is 8.26. The second-order valence-corrected chi connectivity index (χ2v) is 6.68. The van der Waals surface area contributed by atoms with E-state index in [-0.39, 0.29) is 17.3 Å². The molecule has 1 aliphatic heterocycles. The van der Waals surface area contributed by atoms with Crippen LogP contribution in [0, 0.1) is 11.3 Å². The van der Waals surface area contributed by atoms with Gasteiger partial charge >= 0.3 is 12.1 Å². The molecule has 124 valence electrons. The molecule has 3 aliphatic carbocycles. The molecule has 2 bridgehead atoms. The zero-order chi connectivity index (χ0) is 16.4. The van der Waals surface area contributed by atoms with Gasteiger partial charge in [-0.3, -0.25) is 4.79 Å². The molecule has 1 heterocycles. The monoisotopic (exact) mass is 317 g/mol. The maximum absolute atomic E-state index is 11.6. The maximum atomic E-state index is 11.6. The van der Waals surface area contributed by atoms with Gasteiger partial charge in [-0.1, -0.05) is 24.3 Å². The van der Waals surface area contributed by atoms with Gasteiger partial charge in [-0.15, -0.1) is 0 Å². The first kappa shape index (κ1) is 15.8. The summed E-state index contributed by atoms with van der Waals surface area (Å²) >= 11 is 0. The van der Waals surface area contributed by atoms with Gasteiger partial charge in [-0.2, -0.15) is 0 Å². The number of hydrogen-bond donors (Lipinski definition) is 1. The van der Waals surface area contributed by atoms with Crippen molar-refractivity contribution in [3.05, 3.63) is 35.4 Å². The van der Waals surface area contributed by atoms with E-state index in [4.69, 9.17) is 9.84 Å². The summed E-state index contributed by atoms with van der Waals surface area (Å²) < 4.78 is 4.98. The Morgan fingerprint density at radius 1 is 1.39 bits per heavy atom. The van der Waals surface area contributed by atoms with Crippen molar-refractivity contribution in [3.63, 3.8) is 0 Å². The van der Waals surface area contributed by atoms with Crippen molar-refractivity contribution in [1.82, 2.24) is 4.90 Å². The average molecular weight is 317 g/mol. The van der Waals surface area contributed by atoms with Crippen LogP contribution in [-0.2, 0) is 16.0 Å². The Bertz CT molecular complexity index is 590. The molecule has 4 aliphatic rings. The lowest BCUT2D eigenvalue weighted by molar-refractivity contribution is -0.146. The molecule has 2 unspecified atom stereocenters. The van der Waals surface area contributed by atoms with Gasteiger partial charge < -0.3 is 14.7 Å². The quantitative estimate of drug-likeness (QED) is 0.865. The standard InChI is InChI=1S/C11H17NO4.C7H6/c1-2-16-9(13)8-6-11(8)4-3-5-12(7-11)10(14)15;1-2-6-4-7(3-1)5-6/h8H,2-7H2,1H3,(H,14,15);1-4H,5H2. The predicted molar refractivity (Wildman–Crippen MR) is 85.3 cm³/mol. The highest BCUT2D eigenvalue weighted by Crippen LogP contribution is 2.58. The van der Waals surface area contributed by atoms with Crippen molar-refractivity contribution < 1.29 is 19.4 Å². The van der Waals surface area contributed by atoms with E-state index in [0.29, 0.717) is 19.7 Å². The Labute approximate surface area is 136 Å². The van der Waals surface area contributed by atoms with Gasteiger partial charge in [-0.25, -0.2) is 4.79 Å². The third kappa shape index (κ3) is 3.33. The van der Waals surface area contributed by atoms with Crippen LogP contribution in [-0.4, -0.2) is 41.8 Å². The number of fused-ring (bicyclic) bond motifs is 2. The molecule has 2 fully saturated rings. The Balaban J connectivity index is 0.000000183. The van der Waals surface area contributed by atoms with Gasteiger partial charge in [0.05, 0.1) is 12.5 Å². The number of carbonyl (C=O) groups is 2. The topological polar surface area (TPSA) is 66.8 Å². The number of amides is 1. The Kier molecular flexibility index (Phi) is 4.28. The lowest BCUT2D eigenvalue weighted by Crippen LogP contribution is -2.41. The summed E-state index contributed by atoms with van der Waals surface area (Å²) in [4.78, 5) is 23.9. The SMILES string of the molecule is CCOC(=O)C1CC12CCCN(C(=O)O)C2.c1cc2cc(c1)C2. The Morgan fingerprint density at radius 2 is 2.09 bits per heavy atom. The summed E-state index contributed by atoms with van der Waals surface area (Å²) in [5.74, 6) is -0.232. The number of rotatable bonds is 2. The minimum absolute atomic E-state index is 0.0744. The number of ether oxygens (including phenoxy) is 1. The first-order chi connectivity index (χ1) is 11.0. The van der Waals surface area contributed by atoms with Gasteiger partial charge in [0.1, 0.15) is 0 Å². The zero-order valence-electron chi connectivity index (χ0n) is 13.5. The number of benzene rings is 1. The number of carboxylic acid groups (broad SMARTS) is 1. The van der Waals surface area contributed by atoms with Gasteiger partial charge in [0.2, 0.25) is 0 Å². The van der Waals surface area contributed by atoms with Crippen LogP contribution in [0.2, 0.25) is 0 Å². The van der Waals surface area contributed by atoms with Crippen LogP contribution >= 0.6 is 0 Å². The third-order valence-electron chi connectivity index (χ3n) is 5.04. The van der Waals surface area contributed by atoms with Gasteiger partial charge in [0.15, 0.2) is 0 Å². The van der Waals surface area contributed by atoms with E-state index >= 15 is 0 Å². The molecule has 0 aromatic heterocycles. The molecule has 1 saturated carbocycles. The summed E-state index contributed by atoms with van der Waals surface area (Å²) in [6.07, 6.45) is 2.92. The molecule has 1 spiro atoms. The van der Waals surface area contributed by atoms with E-state index < -0.39 is 6.09 Å². The van der Waals surface area contributed by atoms with E-state index in [9.17, 15) is 9.59 Å². The zero-order valence-corrected chi connectivity index (χ0v) is 13.5. The Morgan fingerprint density at radius 3 is 2.57 bits per heavy atom. The molecule has 5 heteroatoms.